The van der Waals surface area contributed by atoms with Crippen molar-refractivity contribution in [1.29, 1.82) is 0 Å². The molecule has 0 atom stereocenters. The van der Waals surface area contributed by atoms with Crippen molar-refractivity contribution < 1.29 is 0 Å². The molecular weight excluding hydrogens is 164 g/mol. The molecule has 0 bridgehead atoms. The molecule has 0 aliphatic carbocycles. The molecule has 2 heterocycles. The van der Waals surface area contributed by atoms with E-state index in [2.05, 4.69) is 34.4 Å². The Morgan fingerprint density at radius 1 is 1.23 bits per heavy atom. The quantitative estimate of drug-likeness (QED) is 0.576. The summed E-state index contributed by atoms with van der Waals surface area (Å²) in [5.74, 6) is 2.54. The van der Waals surface area contributed by atoms with Crippen molar-refractivity contribution in [2.24, 2.45) is 0 Å². The number of rotatable bonds is 1. The predicted octanol–water partition coefficient (Wildman–Crippen LogP) is -0.427. The van der Waals surface area contributed by atoms with Crippen molar-refractivity contribution in [1.82, 2.24) is 20.4 Å². The second-order valence-electron chi connectivity index (χ2n) is 3.55. The van der Waals surface area contributed by atoms with Crippen molar-refractivity contribution in [3.05, 3.63) is 11.6 Å². The van der Waals surface area contributed by atoms with Crippen LogP contribution in [0.25, 0.3) is 0 Å². The summed E-state index contributed by atoms with van der Waals surface area (Å²) >= 11 is 0. The van der Waals surface area contributed by atoms with Gasteiger partial charge in [0, 0.05) is 39.8 Å². The van der Waals surface area contributed by atoms with Gasteiger partial charge in [0.05, 0.1) is 0 Å². The minimum atomic E-state index is 1.04. The predicted molar refractivity (Wildman–Crippen MR) is 52.9 cm³/mol. The molecule has 0 spiro atoms. The Morgan fingerprint density at radius 3 is 2.62 bits per heavy atom. The van der Waals surface area contributed by atoms with Gasteiger partial charge in [0.2, 0.25) is 0 Å². The summed E-state index contributed by atoms with van der Waals surface area (Å²) in [6.07, 6.45) is 0. The number of hydrogen-bond acceptors (Lipinski definition) is 4. The summed E-state index contributed by atoms with van der Waals surface area (Å²) in [5.41, 5.74) is 0. The molecular formula is C9H18N4. The third-order valence-electron chi connectivity index (χ3n) is 2.70. The van der Waals surface area contributed by atoms with Crippen LogP contribution in [0.3, 0.4) is 0 Å². The largest absolute Gasteiger partial charge is 0.367 e. The van der Waals surface area contributed by atoms with E-state index in [0.29, 0.717) is 0 Å². The highest BCUT2D eigenvalue weighted by Crippen LogP contribution is 2.16. The van der Waals surface area contributed by atoms with Crippen LogP contribution in [-0.2, 0) is 0 Å². The van der Waals surface area contributed by atoms with Crippen molar-refractivity contribution in [3.63, 3.8) is 0 Å². The standard InChI is InChI=1S/C9H18N4/c1-3-13-7-5-11-8-9(13)12(2)6-4-10-8/h10-11H,3-7H2,1-2H3. The average Bonchev–Trinajstić information content (AvgIpc) is 2.17. The van der Waals surface area contributed by atoms with Gasteiger partial charge in [-0.25, -0.2) is 0 Å². The second-order valence-corrected chi connectivity index (χ2v) is 3.55. The number of nitrogens with zero attached hydrogens (tertiary/aromatic N) is 2. The van der Waals surface area contributed by atoms with Gasteiger partial charge in [0.1, 0.15) is 11.6 Å². The molecule has 0 aromatic heterocycles. The minimum Gasteiger partial charge on any atom is -0.367 e. The fraction of sp³-hybridized carbons (Fsp3) is 0.778. The van der Waals surface area contributed by atoms with Gasteiger partial charge in [-0.2, -0.15) is 0 Å². The summed E-state index contributed by atoms with van der Waals surface area (Å²) < 4.78 is 0. The third kappa shape index (κ3) is 1.41. The van der Waals surface area contributed by atoms with E-state index in [1.807, 2.05) is 0 Å². The molecule has 2 rings (SSSR count). The van der Waals surface area contributed by atoms with Gasteiger partial charge in [-0.3, -0.25) is 0 Å². The van der Waals surface area contributed by atoms with Gasteiger partial charge in [0.25, 0.3) is 0 Å². The van der Waals surface area contributed by atoms with E-state index in [4.69, 9.17) is 0 Å². The molecule has 0 unspecified atom stereocenters. The van der Waals surface area contributed by atoms with E-state index in [9.17, 15) is 0 Å². The van der Waals surface area contributed by atoms with Crippen molar-refractivity contribution >= 4 is 0 Å². The summed E-state index contributed by atoms with van der Waals surface area (Å²) in [5, 5.41) is 6.80. The van der Waals surface area contributed by atoms with Gasteiger partial charge in [-0.15, -0.1) is 0 Å². The molecule has 2 aliphatic rings. The topological polar surface area (TPSA) is 30.5 Å². The van der Waals surface area contributed by atoms with E-state index in [0.717, 1.165) is 32.7 Å². The summed E-state index contributed by atoms with van der Waals surface area (Å²) in [4.78, 5) is 4.74. The molecule has 2 aliphatic heterocycles. The van der Waals surface area contributed by atoms with Crippen LogP contribution in [-0.4, -0.2) is 49.6 Å². The third-order valence-corrected chi connectivity index (χ3v) is 2.70. The molecule has 74 valence electrons. The van der Waals surface area contributed by atoms with Crippen molar-refractivity contribution in [2.45, 2.75) is 6.92 Å². The van der Waals surface area contributed by atoms with E-state index in [1.165, 1.54) is 11.6 Å². The zero-order chi connectivity index (χ0) is 9.26. The van der Waals surface area contributed by atoms with Crippen LogP contribution in [0.15, 0.2) is 11.6 Å². The molecule has 0 radical (unpaired) electrons. The first kappa shape index (κ1) is 8.53. The normalized spacial score (nSPS) is 22.3. The smallest absolute Gasteiger partial charge is 0.145 e. The summed E-state index contributed by atoms with van der Waals surface area (Å²) in [6.45, 7) is 7.59. The van der Waals surface area contributed by atoms with Crippen LogP contribution >= 0.6 is 0 Å². The molecule has 13 heavy (non-hydrogen) atoms. The highest BCUT2D eigenvalue weighted by molar-refractivity contribution is 5.14. The van der Waals surface area contributed by atoms with Gasteiger partial charge in [0.15, 0.2) is 0 Å². The average molecular weight is 182 g/mol. The van der Waals surface area contributed by atoms with Crippen LogP contribution in [0.2, 0.25) is 0 Å². The lowest BCUT2D eigenvalue weighted by molar-refractivity contribution is 0.199. The zero-order valence-electron chi connectivity index (χ0n) is 8.43. The summed E-state index contributed by atoms with van der Waals surface area (Å²) in [7, 11) is 2.16. The Balaban J connectivity index is 2.25. The lowest BCUT2D eigenvalue weighted by Gasteiger charge is -2.41. The second kappa shape index (κ2) is 3.36. The highest BCUT2D eigenvalue weighted by Gasteiger charge is 2.24. The van der Waals surface area contributed by atoms with E-state index < -0.39 is 0 Å². The minimum absolute atomic E-state index is 1.04. The van der Waals surface area contributed by atoms with Gasteiger partial charge in [-0.1, -0.05) is 0 Å². The molecule has 2 N–H and O–H groups in total. The van der Waals surface area contributed by atoms with Crippen LogP contribution in [0.5, 0.6) is 0 Å². The highest BCUT2D eigenvalue weighted by atomic mass is 15.4. The number of likely N-dealkylation sites (N-methyl/N-ethyl adjacent to an activating group) is 2. The van der Waals surface area contributed by atoms with Crippen LogP contribution in [0.4, 0.5) is 0 Å². The maximum atomic E-state index is 3.40. The fourth-order valence-electron chi connectivity index (χ4n) is 2.00. The van der Waals surface area contributed by atoms with Gasteiger partial charge < -0.3 is 20.4 Å². The Morgan fingerprint density at radius 2 is 1.92 bits per heavy atom. The Labute approximate surface area is 79.6 Å². The molecule has 0 saturated heterocycles. The number of nitrogens with one attached hydrogen (secondary N) is 2. The first-order valence-electron chi connectivity index (χ1n) is 5.01. The monoisotopic (exact) mass is 182 g/mol. The van der Waals surface area contributed by atoms with Crippen LogP contribution in [0.1, 0.15) is 6.92 Å². The Kier molecular flexibility index (Phi) is 2.20. The van der Waals surface area contributed by atoms with E-state index in [1.54, 1.807) is 0 Å². The zero-order valence-corrected chi connectivity index (χ0v) is 8.43. The number of hydrogen-bond donors (Lipinski definition) is 2. The molecule has 4 nitrogen and oxygen atoms in total. The molecule has 0 aromatic carbocycles. The molecule has 0 fully saturated rings. The fourth-order valence-corrected chi connectivity index (χ4v) is 2.00. The summed E-state index contributed by atoms with van der Waals surface area (Å²) in [6, 6.07) is 0. The maximum absolute atomic E-state index is 3.40. The first-order chi connectivity index (χ1) is 6.33. The van der Waals surface area contributed by atoms with Gasteiger partial charge in [-0.05, 0) is 6.92 Å². The van der Waals surface area contributed by atoms with E-state index in [-0.39, 0.29) is 0 Å². The SMILES string of the molecule is CCN1CCNC2=C1N(C)CCN2. The molecule has 0 aromatic rings. The van der Waals surface area contributed by atoms with Crippen molar-refractivity contribution in [2.75, 3.05) is 39.8 Å². The van der Waals surface area contributed by atoms with Crippen molar-refractivity contribution in [3.8, 4) is 0 Å². The van der Waals surface area contributed by atoms with Gasteiger partial charge >= 0.3 is 0 Å². The Bertz CT molecular complexity index is 220. The lowest BCUT2D eigenvalue weighted by atomic mass is 10.3. The maximum Gasteiger partial charge on any atom is 0.145 e. The molecule has 4 heteroatoms. The van der Waals surface area contributed by atoms with Crippen LogP contribution < -0.4 is 10.6 Å². The first-order valence-corrected chi connectivity index (χ1v) is 5.01. The molecule has 0 saturated carbocycles. The molecule has 0 amide bonds. The Hall–Kier alpha value is -1.06. The van der Waals surface area contributed by atoms with E-state index >= 15 is 0 Å². The lowest BCUT2D eigenvalue weighted by Crippen LogP contribution is -2.52. The van der Waals surface area contributed by atoms with Crippen LogP contribution in [0, 0.1) is 0 Å².